The van der Waals surface area contributed by atoms with E-state index in [1.807, 2.05) is 48.1 Å². The number of rotatable bonds is 4. The molecule has 2 N–H and O–H groups in total. The molecule has 1 aromatic heterocycles. The van der Waals surface area contributed by atoms with Crippen molar-refractivity contribution in [1.82, 2.24) is 24.7 Å². The van der Waals surface area contributed by atoms with Crippen molar-refractivity contribution in [2.24, 2.45) is 7.05 Å². The van der Waals surface area contributed by atoms with Crippen LogP contribution in [0.2, 0.25) is 0 Å². The highest BCUT2D eigenvalue weighted by molar-refractivity contribution is 5.94. The zero-order chi connectivity index (χ0) is 21.8. The summed E-state index contributed by atoms with van der Waals surface area (Å²) in [5.41, 5.74) is 1.47. The highest BCUT2D eigenvalue weighted by Crippen LogP contribution is 2.21. The molecular weight excluding hydrogens is 394 g/mol. The van der Waals surface area contributed by atoms with Gasteiger partial charge in [0.1, 0.15) is 17.6 Å². The van der Waals surface area contributed by atoms with Crippen LogP contribution in [-0.2, 0) is 7.05 Å². The first-order valence-corrected chi connectivity index (χ1v) is 10.2. The molecule has 8 heteroatoms. The number of hydrogen-bond donors (Lipinski definition) is 2. The molecule has 1 atom stereocenters. The lowest BCUT2D eigenvalue weighted by Crippen LogP contribution is -2.53. The first-order valence-electron chi connectivity index (χ1n) is 10.2. The van der Waals surface area contributed by atoms with Gasteiger partial charge in [-0.15, -0.1) is 0 Å². The molecule has 0 aliphatic carbocycles. The van der Waals surface area contributed by atoms with E-state index in [0.29, 0.717) is 31.7 Å². The molecule has 1 fully saturated rings. The molecule has 1 aliphatic heterocycles. The van der Waals surface area contributed by atoms with Crippen molar-refractivity contribution in [3.63, 3.8) is 0 Å². The van der Waals surface area contributed by atoms with Gasteiger partial charge in [0.15, 0.2) is 0 Å². The van der Waals surface area contributed by atoms with Crippen LogP contribution in [0.5, 0.6) is 5.75 Å². The molecule has 0 saturated carbocycles. The Hall–Kier alpha value is -3.81. The second kappa shape index (κ2) is 8.91. The van der Waals surface area contributed by atoms with E-state index in [1.165, 1.54) is 12.1 Å². The number of carbonyl (C=O) groups excluding carboxylic acids is 2. The van der Waals surface area contributed by atoms with E-state index in [2.05, 4.69) is 10.3 Å². The van der Waals surface area contributed by atoms with Gasteiger partial charge in [-0.1, -0.05) is 30.3 Å². The maximum Gasteiger partial charge on any atom is 0.318 e. The average molecular weight is 419 g/mol. The van der Waals surface area contributed by atoms with Gasteiger partial charge in [0.25, 0.3) is 5.91 Å². The van der Waals surface area contributed by atoms with Crippen molar-refractivity contribution in [1.29, 1.82) is 0 Å². The van der Waals surface area contributed by atoms with Crippen molar-refractivity contribution < 1.29 is 14.7 Å². The number of amides is 3. The van der Waals surface area contributed by atoms with Crippen LogP contribution in [0.15, 0.2) is 67.0 Å². The molecule has 1 unspecified atom stereocenters. The molecule has 3 aromatic rings. The van der Waals surface area contributed by atoms with Crippen LogP contribution in [0.1, 0.15) is 27.8 Å². The normalized spacial score (nSPS) is 14.9. The van der Waals surface area contributed by atoms with Crippen molar-refractivity contribution in [2.45, 2.75) is 6.04 Å². The summed E-state index contributed by atoms with van der Waals surface area (Å²) in [6, 6.07) is 15.4. The van der Waals surface area contributed by atoms with Crippen LogP contribution in [0.4, 0.5) is 4.79 Å². The summed E-state index contributed by atoms with van der Waals surface area (Å²) in [4.78, 5) is 33.5. The Labute approximate surface area is 180 Å². The minimum atomic E-state index is -0.370. The van der Waals surface area contributed by atoms with Gasteiger partial charge < -0.3 is 24.8 Å². The molecule has 4 rings (SSSR count). The summed E-state index contributed by atoms with van der Waals surface area (Å²) in [6.07, 6.45) is 3.57. The summed E-state index contributed by atoms with van der Waals surface area (Å²) < 4.78 is 1.90. The Kier molecular flexibility index (Phi) is 5.88. The number of phenols is 1. The minimum Gasteiger partial charge on any atom is -0.508 e. The van der Waals surface area contributed by atoms with Gasteiger partial charge in [-0.25, -0.2) is 9.78 Å². The lowest BCUT2D eigenvalue weighted by atomic mass is 10.1. The fraction of sp³-hybridized carbons (Fsp3) is 0.261. The number of phenolic OH excluding ortho intramolecular Hbond substituents is 1. The van der Waals surface area contributed by atoms with Crippen molar-refractivity contribution >= 4 is 11.9 Å². The molecule has 0 bridgehead atoms. The van der Waals surface area contributed by atoms with Crippen LogP contribution in [0.25, 0.3) is 0 Å². The van der Waals surface area contributed by atoms with Crippen LogP contribution >= 0.6 is 0 Å². The molecule has 2 aromatic carbocycles. The number of nitrogens with zero attached hydrogens (tertiary/aromatic N) is 4. The van der Waals surface area contributed by atoms with E-state index < -0.39 is 0 Å². The van der Waals surface area contributed by atoms with Crippen LogP contribution < -0.4 is 5.32 Å². The van der Waals surface area contributed by atoms with E-state index in [-0.39, 0.29) is 23.7 Å². The molecule has 160 valence electrons. The third kappa shape index (κ3) is 4.53. The first-order chi connectivity index (χ1) is 15.0. The number of aryl methyl sites for hydroxylation is 1. The zero-order valence-electron chi connectivity index (χ0n) is 17.3. The van der Waals surface area contributed by atoms with Gasteiger partial charge >= 0.3 is 6.03 Å². The Balaban J connectivity index is 1.41. The first kappa shape index (κ1) is 20.5. The number of benzene rings is 2. The van der Waals surface area contributed by atoms with Gasteiger partial charge in [-0.2, -0.15) is 0 Å². The Bertz CT molecular complexity index is 1040. The van der Waals surface area contributed by atoms with E-state index in [4.69, 9.17) is 0 Å². The van der Waals surface area contributed by atoms with Crippen molar-refractivity contribution in [3.05, 3.63) is 83.9 Å². The topological polar surface area (TPSA) is 90.7 Å². The smallest absolute Gasteiger partial charge is 0.318 e. The summed E-state index contributed by atoms with van der Waals surface area (Å²) in [5, 5.41) is 12.5. The predicted molar refractivity (Wildman–Crippen MR) is 116 cm³/mol. The van der Waals surface area contributed by atoms with E-state index in [9.17, 15) is 14.7 Å². The molecule has 3 amide bonds. The highest BCUT2D eigenvalue weighted by Gasteiger charge is 2.28. The Morgan fingerprint density at radius 2 is 1.61 bits per heavy atom. The second-order valence-corrected chi connectivity index (χ2v) is 7.52. The molecule has 1 saturated heterocycles. The molecule has 2 heterocycles. The van der Waals surface area contributed by atoms with Crippen LogP contribution in [-0.4, -0.2) is 62.6 Å². The molecule has 31 heavy (non-hydrogen) atoms. The number of urea groups is 1. The number of carbonyl (C=O) groups is 2. The number of hydrogen-bond acceptors (Lipinski definition) is 4. The van der Waals surface area contributed by atoms with Gasteiger partial charge in [-0.3, -0.25) is 4.79 Å². The number of aromatic hydroxyl groups is 1. The minimum absolute atomic E-state index is 0.102. The largest absolute Gasteiger partial charge is 0.508 e. The molecule has 0 spiro atoms. The van der Waals surface area contributed by atoms with Gasteiger partial charge in [-0.05, 0) is 29.8 Å². The predicted octanol–water partition coefficient (Wildman–Crippen LogP) is 2.38. The summed E-state index contributed by atoms with van der Waals surface area (Å²) in [7, 11) is 1.90. The van der Waals surface area contributed by atoms with E-state index in [1.54, 1.807) is 28.1 Å². The van der Waals surface area contributed by atoms with Crippen LogP contribution in [0, 0.1) is 0 Å². The molecular formula is C23H25N5O3. The lowest BCUT2D eigenvalue weighted by Gasteiger charge is -2.35. The molecule has 0 radical (unpaired) electrons. The summed E-state index contributed by atoms with van der Waals surface area (Å²) >= 11 is 0. The SMILES string of the molecule is Cn1ccnc1C(NC(=O)N1CCN(C(=O)c2ccc(O)cc2)CC1)c1ccccc1. The van der Waals surface area contributed by atoms with Gasteiger partial charge in [0.05, 0.1) is 0 Å². The Morgan fingerprint density at radius 1 is 0.968 bits per heavy atom. The average Bonchev–Trinajstić information content (AvgIpc) is 3.23. The third-order valence-corrected chi connectivity index (χ3v) is 5.49. The monoisotopic (exact) mass is 419 g/mol. The van der Waals surface area contributed by atoms with Gasteiger partial charge in [0, 0.05) is 51.2 Å². The van der Waals surface area contributed by atoms with Crippen molar-refractivity contribution in [2.75, 3.05) is 26.2 Å². The fourth-order valence-electron chi connectivity index (χ4n) is 3.71. The van der Waals surface area contributed by atoms with Crippen molar-refractivity contribution in [3.8, 4) is 5.75 Å². The van der Waals surface area contributed by atoms with E-state index in [0.717, 1.165) is 11.4 Å². The quantitative estimate of drug-likeness (QED) is 0.679. The lowest BCUT2D eigenvalue weighted by molar-refractivity contribution is 0.0664. The fourth-order valence-corrected chi connectivity index (χ4v) is 3.71. The summed E-state index contributed by atoms with van der Waals surface area (Å²) in [5.74, 6) is 0.773. The third-order valence-electron chi connectivity index (χ3n) is 5.49. The molecule has 8 nitrogen and oxygen atoms in total. The Morgan fingerprint density at radius 3 is 2.23 bits per heavy atom. The maximum absolute atomic E-state index is 13.0. The number of imidazole rings is 1. The number of aromatic nitrogens is 2. The number of nitrogens with one attached hydrogen (secondary N) is 1. The van der Waals surface area contributed by atoms with E-state index >= 15 is 0 Å². The standard InChI is InChI=1S/C23H25N5O3/c1-26-12-11-24-21(26)20(17-5-3-2-4-6-17)25-23(31)28-15-13-27(14-16-28)22(30)18-7-9-19(29)10-8-18/h2-12,20,29H,13-16H2,1H3,(H,25,31). The maximum atomic E-state index is 13.0. The molecule has 1 aliphatic rings. The van der Waals surface area contributed by atoms with Gasteiger partial charge in [0.2, 0.25) is 0 Å². The van der Waals surface area contributed by atoms with Crippen LogP contribution in [0.3, 0.4) is 0 Å². The highest BCUT2D eigenvalue weighted by atomic mass is 16.3. The summed E-state index contributed by atoms with van der Waals surface area (Å²) in [6.45, 7) is 1.78. The second-order valence-electron chi connectivity index (χ2n) is 7.52. The zero-order valence-corrected chi connectivity index (χ0v) is 17.3. The number of piperazine rings is 1.